The minimum Gasteiger partial charge on any atom is -0.454 e. The second-order valence-corrected chi connectivity index (χ2v) is 6.18. The van der Waals surface area contributed by atoms with Gasteiger partial charge in [0, 0.05) is 23.3 Å². The van der Waals surface area contributed by atoms with Gasteiger partial charge in [-0.05, 0) is 25.1 Å². The SMILES string of the molecule is CC(=NNC(=O)Cc1cn2ccsc2n1)c1ccc2c(c1)OCO2. The van der Waals surface area contributed by atoms with Crippen molar-refractivity contribution in [3.63, 3.8) is 0 Å². The summed E-state index contributed by atoms with van der Waals surface area (Å²) in [6.07, 6.45) is 3.95. The molecule has 0 saturated carbocycles. The maximum atomic E-state index is 12.0. The fourth-order valence-electron chi connectivity index (χ4n) is 2.40. The number of hydrazone groups is 1. The average molecular weight is 342 g/mol. The summed E-state index contributed by atoms with van der Waals surface area (Å²) in [4.78, 5) is 17.3. The van der Waals surface area contributed by atoms with E-state index in [4.69, 9.17) is 9.47 Å². The third-order valence-electron chi connectivity index (χ3n) is 3.62. The van der Waals surface area contributed by atoms with Gasteiger partial charge in [0.2, 0.25) is 12.7 Å². The van der Waals surface area contributed by atoms with E-state index < -0.39 is 0 Å². The summed E-state index contributed by atoms with van der Waals surface area (Å²) in [5, 5.41) is 6.10. The summed E-state index contributed by atoms with van der Waals surface area (Å²) in [6, 6.07) is 5.55. The number of hydrogen-bond acceptors (Lipinski definition) is 6. The first kappa shape index (κ1) is 14.7. The Morgan fingerprint density at radius 1 is 1.42 bits per heavy atom. The average Bonchev–Trinajstić information content (AvgIpc) is 3.27. The lowest BCUT2D eigenvalue weighted by atomic mass is 10.1. The van der Waals surface area contributed by atoms with E-state index in [2.05, 4.69) is 15.5 Å². The largest absolute Gasteiger partial charge is 0.454 e. The molecule has 8 heteroatoms. The van der Waals surface area contributed by atoms with Crippen molar-refractivity contribution in [3.8, 4) is 11.5 Å². The van der Waals surface area contributed by atoms with Gasteiger partial charge < -0.3 is 9.47 Å². The summed E-state index contributed by atoms with van der Waals surface area (Å²) in [5.74, 6) is 1.20. The summed E-state index contributed by atoms with van der Waals surface area (Å²) < 4.78 is 12.5. The van der Waals surface area contributed by atoms with Crippen molar-refractivity contribution >= 4 is 27.9 Å². The number of ether oxygens (including phenoxy) is 2. The zero-order chi connectivity index (χ0) is 16.5. The Bertz CT molecular complexity index is 915. The number of nitrogens with zero attached hydrogens (tertiary/aromatic N) is 3. The first-order valence-electron chi connectivity index (χ1n) is 7.33. The van der Waals surface area contributed by atoms with Crippen LogP contribution in [0.1, 0.15) is 18.2 Å². The highest BCUT2D eigenvalue weighted by Crippen LogP contribution is 2.32. The summed E-state index contributed by atoms with van der Waals surface area (Å²) in [5.41, 5.74) is 4.83. The molecule has 0 aliphatic carbocycles. The number of fused-ring (bicyclic) bond motifs is 2. The van der Waals surface area contributed by atoms with Crippen LogP contribution in [-0.4, -0.2) is 27.8 Å². The van der Waals surface area contributed by atoms with Gasteiger partial charge in [-0.1, -0.05) is 0 Å². The van der Waals surface area contributed by atoms with Crippen LogP contribution in [-0.2, 0) is 11.2 Å². The maximum absolute atomic E-state index is 12.0. The summed E-state index contributed by atoms with van der Waals surface area (Å²) in [6.45, 7) is 2.05. The molecule has 3 aromatic rings. The van der Waals surface area contributed by atoms with E-state index in [1.165, 1.54) is 11.3 Å². The number of imidazole rings is 1. The molecule has 24 heavy (non-hydrogen) atoms. The maximum Gasteiger partial charge on any atom is 0.246 e. The number of hydrogen-bond donors (Lipinski definition) is 1. The molecule has 1 N–H and O–H groups in total. The third kappa shape index (κ3) is 2.83. The summed E-state index contributed by atoms with van der Waals surface area (Å²) in [7, 11) is 0. The van der Waals surface area contributed by atoms with Crippen LogP contribution in [0.3, 0.4) is 0 Å². The van der Waals surface area contributed by atoms with Gasteiger partial charge in [-0.15, -0.1) is 11.3 Å². The first-order valence-corrected chi connectivity index (χ1v) is 8.21. The normalized spacial score (nSPS) is 13.5. The van der Waals surface area contributed by atoms with Crippen LogP contribution in [0.25, 0.3) is 4.96 Å². The molecule has 0 fully saturated rings. The highest BCUT2D eigenvalue weighted by atomic mass is 32.1. The van der Waals surface area contributed by atoms with E-state index in [1.807, 2.05) is 47.3 Å². The Hall–Kier alpha value is -2.87. The van der Waals surface area contributed by atoms with Crippen LogP contribution in [0.2, 0.25) is 0 Å². The highest BCUT2D eigenvalue weighted by molar-refractivity contribution is 7.15. The molecule has 1 aromatic carbocycles. The molecule has 0 atom stereocenters. The van der Waals surface area contributed by atoms with E-state index in [9.17, 15) is 4.79 Å². The van der Waals surface area contributed by atoms with Crippen LogP contribution >= 0.6 is 11.3 Å². The third-order valence-corrected chi connectivity index (χ3v) is 4.39. The fourth-order valence-corrected chi connectivity index (χ4v) is 3.12. The minimum atomic E-state index is -0.208. The Morgan fingerprint density at radius 3 is 3.17 bits per heavy atom. The molecule has 0 radical (unpaired) electrons. The number of carbonyl (C=O) groups excluding carboxylic acids is 1. The fraction of sp³-hybridized carbons (Fsp3) is 0.188. The molecule has 7 nitrogen and oxygen atoms in total. The standard InChI is InChI=1S/C16H14N4O3S/c1-10(11-2-3-13-14(6-11)23-9-22-13)18-19-15(21)7-12-8-20-4-5-24-16(20)17-12/h2-6,8H,7,9H2,1H3,(H,19,21). The number of aromatic nitrogens is 2. The molecule has 1 amide bonds. The molecule has 2 aromatic heterocycles. The van der Waals surface area contributed by atoms with Gasteiger partial charge in [0.1, 0.15) is 0 Å². The molecular weight excluding hydrogens is 328 g/mol. The molecule has 0 bridgehead atoms. The van der Waals surface area contributed by atoms with Crippen molar-refractivity contribution in [3.05, 3.63) is 47.2 Å². The Labute approximate surface area is 141 Å². The van der Waals surface area contributed by atoms with Crippen molar-refractivity contribution in [1.29, 1.82) is 0 Å². The zero-order valence-electron chi connectivity index (χ0n) is 12.9. The number of thiazole rings is 1. The first-order chi connectivity index (χ1) is 11.7. The van der Waals surface area contributed by atoms with Crippen LogP contribution in [0.5, 0.6) is 11.5 Å². The monoisotopic (exact) mass is 342 g/mol. The molecule has 0 unspecified atom stereocenters. The van der Waals surface area contributed by atoms with Gasteiger partial charge in [-0.25, -0.2) is 10.4 Å². The van der Waals surface area contributed by atoms with Crippen LogP contribution in [0.4, 0.5) is 0 Å². The quantitative estimate of drug-likeness (QED) is 0.582. The lowest BCUT2D eigenvalue weighted by Crippen LogP contribution is -2.21. The molecule has 0 saturated heterocycles. The smallest absolute Gasteiger partial charge is 0.246 e. The van der Waals surface area contributed by atoms with Crippen LogP contribution < -0.4 is 14.9 Å². The van der Waals surface area contributed by atoms with Gasteiger partial charge in [0.15, 0.2) is 16.5 Å². The number of benzene rings is 1. The molecule has 122 valence electrons. The van der Waals surface area contributed by atoms with E-state index in [0.717, 1.165) is 22.0 Å². The van der Waals surface area contributed by atoms with Crippen LogP contribution in [0, 0.1) is 0 Å². The molecule has 1 aliphatic heterocycles. The Balaban J connectivity index is 1.41. The Morgan fingerprint density at radius 2 is 2.29 bits per heavy atom. The van der Waals surface area contributed by atoms with E-state index in [-0.39, 0.29) is 19.1 Å². The molecule has 4 rings (SSSR count). The van der Waals surface area contributed by atoms with Gasteiger partial charge >= 0.3 is 0 Å². The van der Waals surface area contributed by atoms with E-state index >= 15 is 0 Å². The summed E-state index contributed by atoms with van der Waals surface area (Å²) >= 11 is 1.53. The van der Waals surface area contributed by atoms with E-state index in [0.29, 0.717) is 11.5 Å². The van der Waals surface area contributed by atoms with Crippen molar-refractivity contribution in [2.75, 3.05) is 6.79 Å². The predicted octanol–water partition coefficient (Wildman–Crippen LogP) is 2.21. The van der Waals surface area contributed by atoms with Gasteiger partial charge in [0.25, 0.3) is 0 Å². The zero-order valence-corrected chi connectivity index (χ0v) is 13.7. The molecule has 0 spiro atoms. The van der Waals surface area contributed by atoms with Crippen molar-refractivity contribution in [2.24, 2.45) is 5.10 Å². The number of nitrogens with one attached hydrogen (secondary N) is 1. The minimum absolute atomic E-state index is 0.187. The molecule has 1 aliphatic rings. The Kier molecular flexibility index (Phi) is 3.66. The number of rotatable bonds is 4. The molecular formula is C16H14N4O3S. The van der Waals surface area contributed by atoms with Crippen LogP contribution in [0.15, 0.2) is 41.1 Å². The van der Waals surface area contributed by atoms with Gasteiger partial charge in [-0.3, -0.25) is 9.20 Å². The molecule has 3 heterocycles. The second-order valence-electron chi connectivity index (χ2n) is 5.30. The highest BCUT2D eigenvalue weighted by Gasteiger charge is 2.14. The van der Waals surface area contributed by atoms with Crippen molar-refractivity contribution in [1.82, 2.24) is 14.8 Å². The lowest BCUT2D eigenvalue weighted by Gasteiger charge is -2.03. The predicted molar refractivity (Wildman–Crippen MR) is 89.7 cm³/mol. The van der Waals surface area contributed by atoms with Crippen molar-refractivity contribution < 1.29 is 14.3 Å². The number of carbonyl (C=O) groups is 1. The second kappa shape index (κ2) is 5.97. The van der Waals surface area contributed by atoms with Gasteiger partial charge in [-0.2, -0.15) is 5.10 Å². The lowest BCUT2D eigenvalue weighted by molar-refractivity contribution is -0.120. The van der Waals surface area contributed by atoms with E-state index in [1.54, 1.807) is 0 Å². The number of amides is 1. The van der Waals surface area contributed by atoms with Crippen molar-refractivity contribution in [2.45, 2.75) is 13.3 Å². The topological polar surface area (TPSA) is 77.2 Å². The van der Waals surface area contributed by atoms with Gasteiger partial charge in [0.05, 0.1) is 17.8 Å².